The molecule has 0 bridgehead atoms. The molecule has 0 N–H and O–H groups in total. The summed E-state index contributed by atoms with van der Waals surface area (Å²) in [5.41, 5.74) is 2.96. The van der Waals surface area contributed by atoms with Gasteiger partial charge in [-0.05, 0) is 43.5 Å². The fourth-order valence-corrected chi connectivity index (χ4v) is 2.36. The van der Waals surface area contributed by atoms with Gasteiger partial charge in [0.05, 0.1) is 5.56 Å². The Kier molecular flexibility index (Phi) is 4.69. The van der Waals surface area contributed by atoms with Crippen LogP contribution < -0.4 is 0 Å². The predicted octanol–water partition coefficient (Wildman–Crippen LogP) is 5.14. The van der Waals surface area contributed by atoms with Crippen LogP contribution in [0, 0.1) is 13.8 Å². The Labute approximate surface area is 127 Å². The zero-order valence-electron chi connectivity index (χ0n) is 12.5. The van der Waals surface area contributed by atoms with E-state index in [1.165, 1.54) is 12.1 Å². The van der Waals surface area contributed by atoms with E-state index in [-0.39, 0.29) is 12.2 Å². The Morgan fingerprint density at radius 2 is 1.64 bits per heavy atom. The van der Waals surface area contributed by atoms with Crippen molar-refractivity contribution in [1.29, 1.82) is 0 Å². The van der Waals surface area contributed by atoms with E-state index in [0.717, 1.165) is 28.8 Å². The third-order valence-electron chi connectivity index (χ3n) is 3.65. The number of halogens is 3. The molecule has 0 heterocycles. The average Bonchev–Trinajstić information content (AvgIpc) is 2.45. The molecular formula is C18H17F3O. The molecule has 0 saturated carbocycles. The van der Waals surface area contributed by atoms with Crippen LogP contribution in [0.2, 0.25) is 0 Å². The number of alkyl halides is 3. The highest BCUT2D eigenvalue weighted by Crippen LogP contribution is 2.29. The Morgan fingerprint density at radius 1 is 1.00 bits per heavy atom. The first-order chi connectivity index (χ1) is 10.3. The lowest BCUT2D eigenvalue weighted by Crippen LogP contribution is -2.06. The van der Waals surface area contributed by atoms with Gasteiger partial charge in [0.2, 0.25) is 0 Å². The Balaban J connectivity index is 2.03. The van der Waals surface area contributed by atoms with Crippen LogP contribution >= 0.6 is 0 Å². The second kappa shape index (κ2) is 6.34. The van der Waals surface area contributed by atoms with Gasteiger partial charge in [0.1, 0.15) is 0 Å². The molecule has 0 fully saturated rings. The largest absolute Gasteiger partial charge is 0.416 e. The monoisotopic (exact) mass is 306 g/mol. The van der Waals surface area contributed by atoms with Crippen molar-refractivity contribution in [3.8, 4) is 0 Å². The molecule has 0 spiro atoms. The standard InChI is InChI=1S/C18H17F3O/c1-12-3-4-14(13(2)11-12)7-10-17(22)15-5-8-16(9-6-15)18(19,20)21/h3-6,8-9,11H,7,10H2,1-2H3. The molecule has 0 saturated heterocycles. The van der Waals surface area contributed by atoms with Crippen molar-refractivity contribution in [2.24, 2.45) is 0 Å². The summed E-state index contributed by atoms with van der Waals surface area (Å²) in [5, 5.41) is 0. The van der Waals surface area contributed by atoms with Crippen LogP contribution in [0.4, 0.5) is 13.2 Å². The third-order valence-corrected chi connectivity index (χ3v) is 3.65. The first-order valence-corrected chi connectivity index (χ1v) is 7.04. The molecule has 2 rings (SSSR count). The smallest absolute Gasteiger partial charge is 0.294 e. The molecule has 4 heteroatoms. The Morgan fingerprint density at radius 3 is 2.18 bits per heavy atom. The van der Waals surface area contributed by atoms with Gasteiger partial charge in [0.15, 0.2) is 5.78 Å². The minimum absolute atomic E-state index is 0.145. The SMILES string of the molecule is Cc1ccc(CCC(=O)c2ccc(C(F)(F)F)cc2)c(C)c1. The number of ketones is 1. The zero-order valence-corrected chi connectivity index (χ0v) is 12.5. The van der Waals surface area contributed by atoms with E-state index in [1.54, 1.807) is 0 Å². The predicted molar refractivity (Wildman–Crippen MR) is 80.0 cm³/mol. The highest BCUT2D eigenvalue weighted by molar-refractivity contribution is 5.96. The van der Waals surface area contributed by atoms with Crippen molar-refractivity contribution in [3.63, 3.8) is 0 Å². The van der Waals surface area contributed by atoms with Crippen LogP contribution in [-0.4, -0.2) is 5.78 Å². The van der Waals surface area contributed by atoms with Crippen molar-refractivity contribution in [2.75, 3.05) is 0 Å². The number of hydrogen-bond donors (Lipinski definition) is 0. The van der Waals surface area contributed by atoms with E-state index < -0.39 is 11.7 Å². The topological polar surface area (TPSA) is 17.1 Å². The van der Waals surface area contributed by atoms with Crippen molar-refractivity contribution < 1.29 is 18.0 Å². The van der Waals surface area contributed by atoms with E-state index in [4.69, 9.17) is 0 Å². The number of aryl methyl sites for hydroxylation is 3. The molecule has 0 aliphatic carbocycles. The van der Waals surface area contributed by atoms with E-state index >= 15 is 0 Å². The summed E-state index contributed by atoms with van der Waals surface area (Å²) in [5.74, 6) is -0.145. The van der Waals surface area contributed by atoms with Gasteiger partial charge in [0, 0.05) is 12.0 Å². The van der Waals surface area contributed by atoms with E-state index in [2.05, 4.69) is 6.07 Å². The lowest BCUT2D eigenvalue weighted by Gasteiger charge is -2.08. The van der Waals surface area contributed by atoms with Gasteiger partial charge in [-0.2, -0.15) is 13.2 Å². The van der Waals surface area contributed by atoms with Gasteiger partial charge in [0.25, 0.3) is 0 Å². The minimum atomic E-state index is -4.37. The van der Waals surface area contributed by atoms with E-state index in [1.807, 2.05) is 26.0 Å². The average molecular weight is 306 g/mol. The normalized spacial score (nSPS) is 11.5. The second-order valence-electron chi connectivity index (χ2n) is 5.43. The van der Waals surface area contributed by atoms with Gasteiger partial charge in [-0.25, -0.2) is 0 Å². The molecule has 0 atom stereocenters. The first-order valence-electron chi connectivity index (χ1n) is 7.04. The maximum atomic E-state index is 12.5. The zero-order chi connectivity index (χ0) is 16.3. The molecule has 0 unspecified atom stereocenters. The lowest BCUT2D eigenvalue weighted by molar-refractivity contribution is -0.137. The van der Waals surface area contributed by atoms with E-state index in [0.29, 0.717) is 12.0 Å². The number of carbonyl (C=O) groups excluding carboxylic acids is 1. The number of benzene rings is 2. The van der Waals surface area contributed by atoms with Gasteiger partial charge in [-0.15, -0.1) is 0 Å². The molecular weight excluding hydrogens is 289 g/mol. The maximum Gasteiger partial charge on any atom is 0.416 e. The molecule has 2 aromatic rings. The molecule has 1 nitrogen and oxygen atoms in total. The van der Waals surface area contributed by atoms with E-state index in [9.17, 15) is 18.0 Å². The first kappa shape index (κ1) is 16.3. The number of rotatable bonds is 4. The maximum absolute atomic E-state index is 12.5. The number of hydrogen-bond acceptors (Lipinski definition) is 1. The lowest BCUT2D eigenvalue weighted by atomic mass is 9.98. The van der Waals surface area contributed by atoms with Gasteiger partial charge in [-0.1, -0.05) is 35.9 Å². The minimum Gasteiger partial charge on any atom is -0.294 e. The second-order valence-corrected chi connectivity index (χ2v) is 5.43. The molecule has 2 aromatic carbocycles. The van der Waals surface area contributed by atoms with Crippen molar-refractivity contribution in [2.45, 2.75) is 32.9 Å². The molecule has 0 aliphatic rings. The number of Topliss-reactive ketones (excluding diaryl/α,β-unsaturated/α-hetero) is 1. The highest BCUT2D eigenvalue weighted by Gasteiger charge is 2.30. The van der Waals surface area contributed by atoms with Gasteiger partial charge < -0.3 is 0 Å². The van der Waals surface area contributed by atoms with Crippen LogP contribution in [0.15, 0.2) is 42.5 Å². The molecule has 116 valence electrons. The highest BCUT2D eigenvalue weighted by atomic mass is 19.4. The fourth-order valence-electron chi connectivity index (χ4n) is 2.36. The number of carbonyl (C=O) groups is 1. The quantitative estimate of drug-likeness (QED) is 0.715. The van der Waals surface area contributed by atoms with Crippen molar-refractivity contribution in [3.05, 3.63) is 70.3 Å². The summed E-state index contributed by atoms with van der Waals surface area (Å²) >= 11 is 0. The Hall–Kier alpha value is -2.10. The molecule has 0 aliphatic heterocycles. The van der Waals surface area contributed by atoms with Crippen LogP contribution in [0.25, 0.3) is 0 Å². The van der Waals surface area contributed by atoms with Gasteiger partial charge in [-0.3, -0.25) is 4.79 Å². The summed E-state index contributed by atoms with van der Waals surface area (Å²) in [6, 6.07) is 10.4. The van der Waals surface area contributed by atoms with Crippen molar-refractivity contribution in [1.82, 2.24) is 0 Å². The van der Waals surface area contributed by atoms with Crippen molar-refractivity contribution >= 4 is 5.78 Å². The third kappa shape index (κ3) is 3.97. The van der Waals surface area contributed by atoms with Crippen LogP contribution in [0.1, 0.15) is 39.0 Å². The van der Waals surface area contributed by atoms with Crippen LogP contribution in [0.5, 0.6) is 0 Å². The summed E-state index contributed by atoms with van der Waals surface area (Å²) < 4.78 is 37.4. The summed E-state index contributed by atoms with van der Waals surface area (Å²) in [6.07, 6.45) is -3.50. The molecule has 0 radical (unpaired) electrons. The molecule has 22 heavy (non-hydrogen) atoms. The fraction of sp³-hybridized carbons (Fsp3) is 0.278. The van der Waals surface area contributed by atoms with Crippen LogP contribution in [-0.2, 0) is 12.6 Å². The molecule has 0 amide bonds. The van der Waals surface area contributed by atoms with Gasteiger partial charge >= 0.3 is 6.18 Å². The summed E-state index contributed by atoms with van der Waals surface area (Å²) in [6.45, 7) is 4.00. The summed E-state index contributed by atoms with van der Waals surface area (Å²) in [7, 11) is 0. The van der Waals surface area contributed by atoms with Crippen LogP contribution in [0.3, 0.4) is 0 Å². The molecule has 0 aromatic heterocycles. The Bertz CT molecular complexity index is 670. The summed E-state index contributed by atoms with van der Waals surface area (Å²) in [4.78, 5) is 12.1.